The molecule has 0 radical (unpaired) electrons. The van der Waals surface area contributed by atoms with E-state index < -0.39 is 0 Å². The van der Waals surface area contributed by atoms with E-state index in [0.29, 0.717) is 6.54 Å². The minimum Gasteiger partial charge on any atom is -0.368 e. The Bertz CT molecular complexity index is 370. The molecular weight excluding hydrogens is 244 g/mol. The maximum atomic E-state index is 5.99. The van der Waals surface area contributed by atoms with Gasteiger partial charge in [-0.15, -0.1) is 11.3 Å². The molecule has 2 N–H and O–H groups in total. The number of rotatable bonds is 7. The number of hydrogen-bond acceptors (Lipinski definition) is 4. The van der Waals surface area contributed by atoms with E-state index in [2.05, 4.69) is 33.1 Å². The smallest absolute Gasteiger partial charge is 0.125 e. The topological polar surface area (TPSA) is 48.1 Å². The number of ether oxygens (including phenoxy) is 1. The van der Waals surface area contributed by atoms with E-state index in [1.807, 2.05) is 6.92 Å². The van der Waals surface area contributed by atoms with Crippen molar-refractivity contribution in [2.24, 2.45) is 5.73 Å². The summed E-state index contributed by atoms with van der Waals surface area (Å²) in [6.07, 6.45) is 1.90. The second-order valence-corrected chi connectivity index (χ2v) is 6.12. The van der Waals surface area contributed by atoms with Gasteiger partial charge in [0, 0.05) is 23.9 Å². The average molecular weight is 270 g/mol. The molecule has 0 aliphatic heterocycles. The van der Waals surface area contributed by atoms with Crippen LogP contribution in [0.1, 0.15) is 58.2 Å². The largest absolute Gasteiger partial charge is 0.368 e. The van der Waals surface area contributed by atoms with Crippen molar-refractivity contribution in [1.82, 2.24) is 4.98 Å². The monoisotopic (exact) mass is 270 g/mol. The van der Waals surface area contributed by atoms with Gasteiger partial charge < -0.3 is 10.5 Å². The lowest BCUT2D eigenvalue weighted by molar-refractivity contribution is -0.0508. The molecule has 0 aliphatic rings. The van der Waals surface area contributed by atoms with E-state index in [9.17, 15) is 0 Å². The van der Waals surface area contributed by atoms with Crippen LogP contribution in [0, 0.1) is 0 Å². The number of nitrogens with two attached hydrogens (primary N) is 1. The molecule has 0 atom stereocenters. The quantitative estimate of drug-likeness (QED) is 0.825. The SMILES string of the molecule is CCOC(CC)(CC)c1nc(C(C)(C)CN)cs1. The number of thiazole rings is 1. The van der Waals surface area contributed by atoms with Gasteiger partial charge in [0.25, 0.3) is 0 Å². The van der Waals surface area contributed by atoms with Crippen LogP contribution in [0.25, 0.3) is 0 Å². The Morgan fingerprint density at radius 3 is 2.33 bits per heavy atom. The lowest BCUT2D eigenvalue weighted by Gasteiger charge is -2.29. The van der Waals surface area contributed by atoms with E-state index in [1.54, 1.807) is 11.3 Å². The Morgan fingerprint density at radius 1 is 1.28 bits per heavy atom. The van der Waals surface area contributed by atoms with Crippen molar-refractivity contribution >= 4 is 11.3 Å². The summed E-state index contributed by atoms with van der Waals surface area (Å²) in [4.78, 5) is 4.80. The highest BCUT2D eigenvalue weighted by Gasteiger charge is 2.34. The van der Waals surface area contributed by atoms with Gasteiger partial charge in [-0.05, 0) is 19.8 Å². The Kier molecular flexibility index (Phi) is 5.32. The molecule has 1 rings (SSSR count). The van der Waals surface area contributed by atoms with Crippen LogP contribution in [-0.4, -0.2) is 18.1 Å². The van der Waals surface area contributed by atoms with Crippen molar-refractivity contribution < 1.29 is 4.74 Å². The van der Waals surface area contributed by atoms with Crippen LogP contribution < -0.4 is 5.73 Å². The first-order chi connectivity index (χ1) is 8.45. The van der Waals surface area contributed by atoms with Gasteiger partial charge in [-0.1, -0.05) is 27.7 Å². The minimum atomic E-state index is -0.220. The first-order valence-electron chi connectivity index (χ1n) is 6.76. The summed E-state index contributed by atoms with van der Waals surface area (Å²) in [6.45, 7) is 12.0. The fourth-order valence-electron chi connectivity index (χ4n) is 1.99. The van der Waals surface area contributed by atoms with Gasteiger partial charge in [0.05, 0.1) is 5.69 Å². The van der Waals surface area contributed by atoms with Crippen molar-refractivity contribution in [3.63, 3.8) is 0 Å². The zero-order valence-electron chi connectivity index (χ0n) is 12.2. The summed E-state index contributed by atoms with van der Waals surface area (Å²) < 4.78 is 5.99. The molecule has 0 fully saturated rings. The Morgan fingerprint density at radius 2 is 1.89 bits per heavy atom. The van der Waals surface area contributed by atoms with E-state index in [4.69, 9.17) is 15.5 Å². The van der Waals surface area contributed by atoms with Crippen molar-refractivity contribution in [2.75, 3.05) is 13.2 Å². The second kappa shape index (κ2) is 6.13. The van der Waals surface area contributed by atoms with Gasteiger partial charge in [-0.2, -0.15) is 0 Å². The number of hydrogen-bond donors (Lipinski definition) is 1. The van der Waals surface area contributed by atoms with Crippen LogP contribution in [0.5, 0.6) is 0 Å². The summed E-state index contributed by atoms with van der Waals surface area (Å²) in [5.41, 5.74) is 6.61. The zero-order chi connectivity index (χ0) is 13.8. The van der Waals surface area contributed by atoms with Crippen molar-refractivity contribution in [1.29, 1.82) is 0 Å². The molecule has 4 heteroatoms. The van der Waals surface area contributed by atoms with Crippen LogP contribution in [0.15, 0.2) is 5.38 Å². The molecule has 0 aromatic carbocycles. The third-order valence-electron chi connectivity index (χ3n) is 3.66. The van der Waals surface area contributed by atoms with Crippen molar-refractivity contribution in [3.8, 4) is 0 Å². The van der Waals surface area contributed by atoms with Gasteiger partial charge in [0.2, 0.25) is 0 Å². The Labute approximate surface area is 115 Å². The van der Waals surface area contributed by atoms with Gasteiger partial charge >= 0.3 is 0 Å². The lowest BCUT2D eigenvalue weighted by atomic mass is 9.90. The van der Waals surface area contributed by atoms with Crippen LogP contribution in [0.4, 0.5) is 0 Å². The molecule has 1 aromatic rings. The van der Waals surface area contributed by atoms with Crippen LogP contribution in [-0.2, 0) is 15.8 Å². The summed E-state index contributed by atoms with van der Waals surface area (Å²) >= 11 is 1.70. The molecule has 18 heavy (non-hydrogen) atoms. The normalized spacial score (nSPS) is 13.0. The molecule has 0 saturated heterocycles. The molecule has 3 nitrogen and oxygen atoms in total. The molecule has 0 spiro atoms. The number of aromatic nitrogens is 1. The van der Waals surface area contributed by atoms with E-state index in [1.165, 1.54) is 0 Å². The van der Waals surface area contributed by atoms with E-state index >= 15 is 0 Å². The molecule has 0 amide bonds. The van der Waals surface area contributed by atoms with Crippen molar-refractivity contribution in [2.45, 2.75) is 58.5 Å². The van der Waals surface area contributed by atoms with Crippen LogP contribution in [0.3, 0.4) is 0 Å². The first kappa shape index (κ1) is 15.6. The van der Waals surface area contributed by atoms with Crippen LogP contribution >= 0.6 is 11.3 Å². The highest BCUT2D eigenvalue weighted by molar-refractivity contribution is 7.09. The average Bonchev–Trinajstić information content (AvgIpc) is 2.87. The second-order valence-electron chi connectivity index (χ2n) is 5.26. The van der Waals surface area contributed by atoms with E-state index in [0.717, 1.165) is 30.2 Å². The van der Waals surface area contributed by atoms with Gasteiger partial charge in [-0.25, -0.2) is 4.98 Å². The summed E-state index contributed by atoms with van der Waals surface area (Å²) in [7, 11) is 0. The van der Waals surface area contributed by atoms with Gasteiger partial charge in [0.1, 0.15) is 10.6 Å². The maximum absolute atomic E-state index is 5.99. The molecule has 0 saturated carbocycles. The molecule has 1 aromatic heterocycles. The highest BCUT2D eigenvalue weighted by atomic mass is 32.1. The fourth-order valence-corrected chi connectivity index (χ4v) is 3.30. The molecule has 0 bridgehead atoms. The van der Waals surface area contributed by atoms with Gasteiger partial charge in [-0.3, -0.25) is 0 Å². The molecular formula is C14H26N2OS. The molecule has 0 unspecified atom stereocenters. The maximum Gasteiger partial charge on any atom is 0.125 e. The molecule has 104 valence electrons. The summed E-state index contributed by atoms with van der Waals surface area (Å²) in [5, 5.41) is 3.22. The zero-order valence-corrected chi connectivity index (χ0v) is 13.1. The highest BCUT2D eigenvalue weighted by Crippen LogP contribution is 2.37. The third kappa shape index (κ3) is 2.92. The van der Waals surface area contributed by atoms with E-state index in [-0.39, 0.29) is 11.0 Å². The molecule has 0 aliphatic carbocycles. The van der Waals surface area contributed by atoms with Gasteiger partial charge in [0.15, 0.2) is 0 Å². The predicted octanol–water partition coefficient (Wildman–Crippen LogP) is 3.43. The minimum absolute atomic E-state index is 0.0613. The van der Waals surface area contributed by atoms with Crippen molar-refractivity contribution in [3.05, 3.63) is 16.1 Å². The first-order valence-corrected chi connectivity index (χ1v) is 7.64. The standard InChI is InChI=1S/C14H26N2OS/c1-6-14(7-2,17-8-3)12-16-11(9-18-12)13(4,5)10-15/h9H,6-8,10,15H2,1-5H3. The lowest BCUT2D eigenvalue weighted by Crippen LogP contribution is -2.31. The fraction of sp³-hybridized carbons (Fsp3) is 0.786. The van der Waals surface area contributed by atoms with Crippen LogP contribution in [0.2, 0.25) is 0 Å². The summed E-state index contributed by atoms with van der Waals surface area (Å²) in [5.74, 6) is 0. The molecule has 1 heterocycles. The Hall–Kier alpha value is -0.450. The predicted molar refractivity (Wildman–Crippen MR) is 78.1 cm³/mol. The summed E-state index contributed by atoms with van der Waals surface area (Å²) in [6, 6.07) is 0. The third-order valence-corrected chi connectivity index (χ3v) is 4.69. The number of nitrogens with zero attached hydrogens (tertiary/aromatic N) is 1. The Balaban J connectivity index is 3.09.